The van der Waals surface area contributed by atoms with Crippen LogP contribution < -0.4 is 5.73 Å². The molecule has 0 aromatic heterocycles. The first kappa shape index (κ1) is 6.75. The van der Waals surface area contributed by atoms with E-state index in [-0.39, 0.29) is 11.6 Å². The second-order valence-electron chi connectivity index (χ2n) is 1.13. The van der Waals surface area contributed by atoms with Gasteiger partial charge in [0, 0.05) is 0 Å². The molecule has 0 saturated carbocycles. The molecule has 0 aliphatic carbocycles. The largest absolute Gasteiger partial charge is 0.504 e. The van der Waals surface area contributed by atoms with Gasteiger partial charge in [0.2, 0.25) is 0 Å². The number of aliphatic hydroxyl groups is 1. The molecule has 0 atom stereocenters. The molecule has 0 radical (unpaired) electrons. The molecule has 0 spiro atoms. The van der Waals surface area contributed by atoms with Crippen molar-refractivity contribution in [2.45, 2.75) is 0 Å². The average Bonchev–Trinajstić information content (AvgIpc) is 1.84. The molecule has 3 N–H and O–H groups in total. The normalized spacial score (nSPS) is 12.0. The summed E-state index contributed by atoms with van der Waals surface area (Å²) in [6.07, 6.45) is 1.20. The molecule has 0 aromatic rings. The second-order valence-corrected chi connectivity index (χ2v) is 1.13. The van der Waals surface area contributed by atoms with Crippen molar-refractivity contribution in [1.29, 1.82) is 0 Å². The van der Waals surface area contributed by atoms with E-state index in [1.54, 1.807) is 0 Å². The zero-order chi connectivity index (χ0) is 6.57. The predicted octanol–water partition coefficient (Wildman–Crippen LogP) is 0.559. The van der Waals surface area contributed by atoms with Crippen LogP contribution in [0.25, 0.3) is 0 Å². The molecule has 0 saturated heterocycles. The summed E-state index contributed by atoms with van der Waals surface area (Å²) in [5.74, 6) is -0.139. The molecule has 0 rings (SSSR count). The van der Waals surface area contributed by atoms with E-state index in [0.29, 0.717) is 0 Å². The van der Waals surface area contributed by atoms with E-state index in [4.69, 9.17) is 10.8 Å². The highest BCUT2D eigenvalue weighted by Gasteiger charge is 1.88. The van der Waals surface area contributed by atoms with Crippen molar-refractivity contribution in [2.75, 3.05) is 0 Å². The summed E-state index contributed by atoms with van der Waals surface area (Å²) in [5.41, 5.74) is 5.06. The Kier molecular flexibility index (Phi) is 2.40. The van der Waals surface area contributed by atoms with Gasteiger partial charge in [0.05, 0.1) is 0 Å². The lowest BCUT2D eigenvalue weighted by molar-refractivity contribution is 0.424. The van der Waals surface area contributed by atoms with Crippen molar-refractivity contribution in [1.82, 2.24) is 0 Å². The molecular weight excluding hydrogens is 104 g/mol. The van der Waals surface area contributed by atoms with Gasteiger partial charge >= 0.3 is 0 Å². The molecule has 0 fully saturated rings. The zero-order valence-electron chi connectivity index (χ0n) is 4.46. The number of hydrogen-bond acceptors (Lipinski definition) is 3. The van der Waals surface area contributed by atoms with Crippen LogP contribution in [0.5, 0.6) is 0 Å². The molecule has 3 nitrogen and oxygen atoms in total. The number of rotatable bonds is 2. The molecular formula is C5H8N2O. The maximum Gasteiger partial charge on any atom is 0.165 e. The summed E-state index contributed by atoms with van der Waals surface area (Å²) in [4.78, 5) is 3.25. The van der Waals surface area contributed by atoms with Crippen molar-refractivity contribution in [2.24, 2.45) is 10.7 Å². The van der Waals surface area contributed by atoms with Crippen LogP contribution in [0.15, 0.2) is 29.2 Å². The lowest BCUT2D eigenvalue weighted by atomic mass is 10.5. The zero-order valence-corrected chi connectivity index (χ0v) is 4.46. The lowest BCUT2D eigenvalue weighted by Crippen LogP contribution is -1.96. The Morgan fingerprint density at radius 3 is 2.38 bits per heavy atom. The van der Waals surface area contributed by atoms with Crippen LogP contribution in [-0.2, 0) is 0 Å². The third-order valence-electron chi connectivity index (χ3n) is 0.626. The van der Waals surface area contributed by atoms with Crippen LogP contribution in [0.2, 0.25) is 0 Å². The van der Waals surface area contributed by atoms with Gasteiger partial charge in [-0.25, -0.2) is 4.99 Å². The second kappa shape index (κ2) is 2.85. The van der Waals surface area contributed by atoms with Crippen molar-refractivity contribution < 1.29 is 5.11 Å². The van der Waals surface area contributed by atoms with Gasteiger partial charge in [0.25, 0.3) is 0 Å². The van der Waals surface area contributed by atoms with Gasteiger partial charge in [-0.2, -0.15) is 0 Å². The molecule has 0 aromatic carbocycles. The van der Waals surface area contributed by atoms with Gasteiger partial charge < -0.3 is 10.8 Å². The van der Waals surface area contributed by atoms with Crippen molar-refractivity contribution >= 4 is 6.72 Å². The number of allylic oxidation sites excluding steroid dienone is 1. The topological polar surface area (TPSA) is 58.6 Å². The Labute approximate surface area is 47.8 Å². The minimum absolute atomic E-state index is 0.000000000000000222. The molecule has 0 aliphatic heterocycles. The van der Waals surface area contributed by atoms with Crippen LogP contribution in [0.4, 0.5) is 0 Å². The number of nitrogens with two attached hydrogens (primary N) is 1. The summed E-state index contributed by atoms with van der Waals surface area (Å²) in [6.45, 7) is 6.34. The van der Waals surface area contributed by atoms with E-state index >= 15 is 0 Å². The fourth-order valence-electron chi connectivity index (χ4n) is 0.186. The van der Waals surface area contributed by atoms with Crippen LogP contribution in [0.1, 0.15) is 0 Å². The van der Waals surface area contributed by atoms with Crippen LogP contribution >= 0.6 is 0 Å². The third kappa shape index (κ3) is 1.47. The Morgan fingerprint density at radius 2 is 2.25 bits per heavy atom. The molecule has 0 unspecified atom stereocenters. The lowest BCUT2D eigenvalue weighted by Gasteiger charge is -1.90. The fourth-order valence-corrected chi connectivity index (χ4v) is 0.186. The number of hydrogen-bond donors (Lipinski definition) is 2. The highest BCUT2D eigenvalue weighted by Crippen LogP contribution is 1.93. The highest BCUT2D eigenvalue weighted by atomic mass is 16.3. The van der Waals surface area contributed by atoms with Gasteiger partial charge in [-0.1, -0.05) is 6.58 Å². The first-order chi connectivity index (χ1) is 3.72. The predicted molar refractivity (Wildman–Crippen MR) is 33.6 cm³/mol. The van der Waals surface area contributed by atoms with E-state index in [0.717, 1.165) is 0 Å². The van der Waals surface area contributed by atoms with Gasteiger partial charge in [0.15, 0.2) is 11.6 Å². The van der Waals surface area contributed by atoms with Crippen LogP contribution in [-0.4, -0.2) is 11.8 Å². The molecule has 0 aliphatic rings. The Bertz CT molecular complexity index is 121. The molecule has 3 heteroatoms. The third-order valence-corrected chi connectivity index (χ3v) is 0.626. The summed E-state index contributed by atoms with van der Waals surface area (Å²) in [5, 5.41) is 8.63. The van der Waals surface area contributed by atoms with Gasteiger partial charge in [-0.05, 0) is 12.8 Å². The first-order valence-electron chi connectivity index (χ1n) is 2.00. The molecule has 0 bridgehead atoms. The minimum atomic E-state index is -0.139. The Morgan fingerprint density at radius 1 is 1.75 bits per heavy atom. The maximum absolute atomic E-state index is 8.63. The van der Waals surface area contributed by atoms with Crippen molar-refractivity contribution in [3.05, 3.63) is 24.2 Å². The molecule has 8 heavy (non-hydrogen) atoms. The summed E-state index contributed by atoms with van der Waals surface area (Å²) >= 11 is 0. The first-order valence-corrected chi connectivity index (χ1v) is 2.00. The van der Waals surface area contributed by atoms with Crippen LogP contribution in [0.3, 0.4) is 0 Å². The highest BCUT2D eigenvalue weighted by molar-refractivity contribution is 5.30. The average molecular weight is 112 g/mol. The van der Waals surface area contributed by atoms with Crippen LogP contribution in [0, 0.1) is 0 Å². The quantitative estimate of drug-likeness (QED) is 0.311. The summed E-state index contributed by atoms with van der Waals surface area (Å²) in [6, 6.07) is 0. The molecule has 44 valence electrons. The summed E-state index contributed by atoms with van der Waals surface area (Å²) in [7, 11) is 0. The smallest absolute Gasteiger partial charge is 0.165 e. The van der Waals surface area contributed by atoms with Gasteiger partial charge in [-0.3, -0.25) is 0 Å². The Hall–Kier alpha value is -1.25. The van der Waals surface area contributed by atoms with E-state index in [2.05, 4.69) is 18.3 Å². The number of aliphatic imine (C=N–C) groups is 1. The monoisotopic (exact) mass is 112 g/mol. The fraction of sp³-hybridized carbons (Fsp3) is 0. The minimum Gasteiger partial charge on any atom is -0.504 e. The van der Waals surface area contributed by atoms with Crippen molar-refractivity contribution in [3.8, 4) is 0 Å². The molecule has 0 heterocycles. The maximum atomic E-state index is 8.63. The van der Waals surface area contributed by atoms with Gasteiger partial charge in [-0.15, -0.1) is 0 Å². The SMILES string of the molecule is C=C/C(O)=C(/N)N=C. The van der Waals surface area contributed by atoms with E-state index in [1.807, 2.05) is 0 Å². The van der Waals surface area contributed by atoms with Crippen molar-refractivity contribution in [3.63, 3.8) is 0 Å². The Balaban J connectivity index is 4.25. The van der Waals surface area contributed by atoms with E-state index in [1.165, 1.54) is 6.08 Å². The number of aliphatic hydroxyl groups excluding tert-OH is 1. The standard InChI is InChI=1S/C5H8N2O/c1-3-4(8)5(6)7-2/h3,8H,1-2,6H2/b5-4+. The van der Waals surface area contributed by atoms with E-state index < -0.39 is 0 Å². The van der Waals surface area contributed by atoms with Gasteiger partial charge in [0.1, 0.15) is 0 Å². The molecule has 0 amide bonds. The van der Waals surface area contributed by atoms with E-state index in [9.17, 15) is 0 Å². The number of nitrogens with zero attached hydrogens (tertiary/aromatic N) is 1. The summed E-state index contributed by atoms with van der Waals surface area (Å²) < 4.78 is 0.